The third-order valence-electron chi connectivity index (χ3n) is 2.73. The first-order valence-electron chi connectivity index (χ1n) is 5.52. The molecule has 1 aromatic rings. The Morgan fingerprint density at radius 3 is 3.07 bits per heavy atom. The number of aromatic hydroxyl groups is 1. The van der Waals surface area contributed by atoms with E-state index in [4.69, 9.17) is 0 Å². The molecule has 0 amide bonds. The monoisotopic (exact) mass is 203 g/mol. The minimum Gasteiger partial charge on any atom is -0.508 e. The predicted molar refractivity (Wildman–Crippen MR) is 61.7 cm³/mol. The summed E-state index contributed by atoms with van der Waals surface area (Å²) in [5.74, 6) is 0.341. The van der Waals surface area contributed by atoms with Gasteiger partial charge in [0.25, 0.3) is 0 Å². The van der Waals surface area contributed by atoms with Gasteiger partial charge in [-0.25, -0.2) is 0 Å². The van der Waals surface area contributed by atoms with Crippen LogP contribution >= 0.6 is 0 Å². The molecule has 0 aliphatic heterocycles. The summed E-state index contributed by atoms with van der Waals surface area (Å²) in [6.45, 7) is 0.823. The molecule has 0 aromatic heterocycles. The number of phenolic OH excluding ortho intramolecular Hbond substituents is 1. The van der Waals surface area contributed by atoms with E-state index in [1.807, 2.05) is 12.1 Å². The van der Waals surface area contributed by atoms with Crippen molar-refractivity contribution in [3.8, 4) is 5.75 Å². The lowest BCUT2D eigenvalue weighted by Crippen LogP contribution is -2.27. The topological polar surface area (TPSA) is 32.3 Å². The van der Waals surface area contributed by atoms with Gasteiger partial charge < -0.3 is 10.4 Å². The first-order chi connectivity index (χ1) is 7.34. The van der Waals surface area contributed by atoms with Crippen LogP contribution in [0.1, 0.15) is 24.8 Å². The smallest absolute Gasteiger partial charge is 0.115 e. The highest BCUT2D eigenvalue weighted by molar-refractivity contribution is 5.27. The zero-order chi connectivity index (χ0) is 10.5. The maximum Gasteiger partial charge on any atom is 0.115 e. The fourth-order valence-electron chi connectivity index (χ4n) is 1.90. The molecule has 0 bridgehead atoms. The van der Waals surface area contributed by atoms with Crippen molar-refractivity contribution < 1.29 is 5.11 Å². The largest absolute Gasteiger partial charge is 0.508 e. The lowest BCUT2D eigenvalue weighted by atomic mass is 10.0. The van der Waals surface area contributed by atoms with E-state index in [1.54, 1.807) is 12.1 Å². The average Bonchev–Trinajstić information content (AvgIpc) is 2.28. The van der Waals surface area contributed by atoms with Crippen molar-refractivity contribution in [2.75, 3.05) is 0 Å². The van der Waals surface area contributed by atoms with E-state index in [1.165, 1.54) is 19.3 Å². The molecule has 0 saturated carbocycles. The van der Waals surface area contributed by atoms with Gasteiger partial charge in [-0.3, -0.25) is 0 Å². The van der Waals surface area contributed by atoms with Gasteiger partial charge in [-0.05, 0) is 37.0 Å². The van der Waals surface area contributed by atoms with Crippen LogP contribution < -0.4 is 5.32 Å². The second-order valence-corrected chi connectivity index (χ2v) is 4.02. The Kier molecular flexibility index (Phi) is 3.41. The van der Waals surface area contributed by atoms with E-state index in [2.05, 4.69) is 17.5 Å². The average molecular weight is 203 g/mol. The molecule has 0 radical (unpaired) electrons. The summed E-state index contributed by atoms with van der Waals surface area (Å²) < 4.78 is 0. The summed E-state index contributed by atoms with van der Waals surface area (Å²) in [7, 11) is 0. The Morgan fingerprint density at radius 1 is 1.40 bits per heavy atom. The van der Waals surface area contributed by atoms with E-state index in [0.29, 0.717) is 11.8 Å². The van der Waals surface area contributed by atoms with E-state index in [-0.39, 0.29) is 0 Å². The summed E-state index contributed by atoms with van der Waals surface area (Å²) in [5.41, 5.74) is 1.13. The van der Waals surface area contributed by atoms with Gasteiger partial charge in [-0.2, -0.15) is 0 Å². The molecule has 0 spiro atoms. The second kappa shape index (κ2) is 4.99. The van der Waals surface area contributed by atoms with Crippen LogP contribution in [0.15, 0.2) is 36.4 Å². The molecule has 1 unspecified atom stereocenters. The Balaban J connectivity index is 1.87. The highest BCUT2D eigenvalue weighted by Crippen LogP contribution is 2.13. The zero-order valence-corrected chi connectivity index (χ0v) is 8.82. The van der Waals surface area contributed by atoms with Crippen molar-refractivity contribution in [1.82, 2.24) is 5.32 Å². The van der Waals surface area contributed by atoms with Gasteiger partial charge in [0.05, 0.1) is 0 Å². The van der Waals surface area contributed by atoms with Crippen molar-refractivity contribution in [3.05, 3.63) is 42.0 Å². The number of nitrogens with one attached hydrogen (secondary N) is 1. The molecular weight excluding hydrogens is 186 g/mol. The van der Waals surface area contributed by atoms with Crippen molar-refractivity contribution in [1.29, 1.82) is 0 Å². The van der Waals surface area contributed by atoms with Gasteiger partial charge in [0.1, 0.15) is 5.75 Å². The maximum atomic E-state index is 9.31. The summed E-state index contributed by atoms with van der Waals surface area (Å²) in [6.07, 6.45) is 8.18. The molecule has 0 saturated heterocycles. The van der Waals surface area contributed by atoms with Crippen LogP contribution in [0.3, 0.4) is 0 Å². The molecular formula is C13H17NO. The van der Waals surface area contributed by atoms with Gasteiger partial charge in [0.2, 0.25) is 0 Å². The number of allylic oxidation sites excluding steroid dienone is 1. The summed E-state index contributed by atoms with van der Waals surface area (Å²) >= 11 is 0. The first-order valence-corrected chi connectivity index (χ1v) is 5.52. The molecule has 0 fully saturated rings. The van der Waals surface area contributed by atoms with E-state index in [9.17, 15) is 5.11 Å². The van der Waals surface area contributed by atoms with Gasteiger partial charge >= 0.3 is 0 Å². The van der Waals surface area contributed by atoms with E-state index >= 15 is 0 Å². The Morgan fingerprint density at radius 2 is 2.33 bits per heavy atom. The molecule has 2 rings (SSSR count). The highest BCUT2D eigenvalue weighted by Gasteiger charge is 2.06. The second-order valence-electron chi connectivity index (χ2n) is 4.02. The fourth-order valence-corrected chi connectivity index (χ4v) is 1.90. The molecule has 15 heavy (non-hydrogen) atoms. The van der Waals surface area contributed by atoms with Crippen LogP contribution in [-0.4, -0.2) is 11.1 Å². The Hall–Kier alpha value is -1.28. The lowest BCUT2D eigenvalue weighted by Gasteiger charge is -2.17. The van der Waals surface area contributed by atoms with Crippen LogP contribution in [0.4, 0.5) is 0 Å². The van der Waals surface area contributed by atoms with Gasteiger partial charge in [-0.1, -0.05) is 24.3 Å². The third kappa shape index (κ3) is 3.10. The maximum absolute atomic E-state index is 9.31. The number of rotatable bonds is 3. The summed E-state index contributed by atoms with van der Waals surface area (Å²) in [6, 6.07) is 7.91. The van der Waals surface area contributed by atoms with E-state index in [0.717, 1.165) is 12.1 Å². The molecule has 0 heterocycles. The number of hydrogen-bond acceptors (Lipinski definition) is 2. The molecule has 2 nitrogen and oxygen atoms in total. The quantitative estimate of drug-likeness (QED) is 0.740. The highest BCUT2D eigenvalue weighted by atomic mass is 16.3. The van der Waals surface area contributed by atoms with Crippen LogP contribution in [0.25, 0.3) is 0 Å². The van der Waals surface area contributed by atoms with Gasteiger partial charge in [0, 0.05) is 12.6 Å². The van der Waals surface area contributed by atoms with Gasteiger partial charge in [-0.15, -0.1) is 0 Å². The summed E-state index contributed by atoms with van der Waals surface area (Å²) in [5, 5.41) is 12.8. The first kappa shape index (κ1) is 10.2. The van der Waals surface area contributed by atoms with Gasteiger partial charge in [0.15, 0.2) is 0 Å². The number of hydrogen-bond donors (Lipinski definition) is 2. The number of benzene rings is 1. The van der Waals surface area contributed by atoms with Crippen LogP contribution in [-0.2, 0) is 6.54 Å². The molecule has 80 valence electrons. The number of phenols is 1. The van der Waals surface area contributed by atoms with Crippen LogP contribution in [0, 0.1) is 0 Å². The molecule has 1 aliphatic rings. The SMILES string of the molecule is Oc1cccc(CNC2C=CCCC2)c1. The molecule has 1 atom stereocenters. The van der Waals surface area contributed by atoms with Crippen molar-refractivity contribution in [3.63, 3.8) is 0 Å². The van der Waals surface area contributed by atoms with Crippen molar-refractivity contribution in [2.45, 2.75) is 31.8 Å². The third-order valence-corrected chi connectivity index (χ3v) is 2.73. The predicted octanol–water partition coefficient (Wildman–Crippen LogP) is 2.59. The van der Waals surface area contributed by atoms with E-state index < -0.39 is 0 Å². The van der Waals surface area contributed by atoms with Crippen LogP contribution in [0.5, 0.6) is 5.75 Å². The minimum atomic E-state index is 0.341. The zero-order valence-electron chi connectivity index (χ0n) is 8.82. The molecule has 2 heteroatoms. The molecule has 1 aliphatic carbocycles. The Bertz CT molecular complexity index is 346. The van der Waals surface area contributed by atoms with Crippen molar-refractivity contribution in [2.24, 2.45) is 0 Å². The minimum absolute atomic E-state index is 0.341. The summed E-state index contributed by atoms with van der Waals surface area (Å²) in [4.78, 5) is 0. The standard InChI is InChI=1S/C13H17NO/c15-13-8-4-5-11(9-13)10-14-12-6-2-1-3-7-12/h2,4-6,8-9,12,14-15H,1,3,7,10H2. The molecule has 2 N–H and O–H groups in total. The lowest BCUT2D eigenvalue weighted by molar-refractivity contribution is 0.472. The Labute approximate surface area is 90.6 Å². The van der Waals surface area contributed by atoms with Crippen LogP contribution in [0.2, 0.25) is 0 Å². The van der Waals surface area contributed by atoms with Crippen molar-refractivity contribution >= 4 is 0 Å². The fraction of sp³-hybridized carbons (Fsp3) is 0.385. The molecule has 1 aromatic carbocycles. The normalized spacial score (nSPS) is 20.4.